The zero-order valence-electron chi connectivity index (χ0n) is 11.8. The van der Waals surface area contributed by atoms with Gasteiger partial charge in [-0.15, -0.1) is 12.4 Å². The van der Waals surface area contributed by atoms with Gasteiger partial charge in [-0.2, -0.15) is 0 Å². The summed E-state index contributed by atoms with van der Waals surface area (Å²) < 4.78 is 1.59. The third-order valence-corrected chi connectivity index (χ3v) is 4.35. The van der Waals surface area contributed by atoms with Crippen molar-refractivity contribution in [3.8, 4) is 5.75 Å². The van der Waals surface area contributed by atoms with Gasteiger partial charge in [-0.3, -0.25) is 9.59 Å². The highest BCUT2D eigenvalue weighted by Crippen LogP contribution is 2.25. The zero-order valence-corrected chi connectivity index (χ0v) is 14.2. The van der Waals surface area contributed by atoms with Crippen molar-refractivity contribution in [2.75, 3.05) is 6.54 Å². The van der Waals surface area contributed by atoms with Crippen molar-refractivity contribution in [3.05, 3.63) is 62.0 Å². The number of aromatic hydroxyl groups is 1. The Morgan fingerprint density at radius 2 is 1.83 bits per heavy atom. The van der Waals surface area contributed by atoms with Crippen LogP contribution in [0.3, 0.4) is 0 Å². The normalized spacial score (nSPS) is 13.5. The number of aromatic nitrogens is 1. The van der Waals surface area contributed by atoms with E-state index in [9.17, 15) is 14.7 Å². The minimum absolute atomic E-state index is 0. The van der Waals surface area contributed by atoms with Gasteiger partial charge in [0.1, 0.15) is 0 Å². The fourth-order valence-electron chi connectivity index (χ4n) is 2.46. The number of pyridine rings is 1. The predicted molar refractivity (Wildman–Crippen MR) is 90.8 cm³/mol. The lowest BCUT2D eigenvalue weighted by molar-refractivity contribution is 0.0683. The van der Waals surface area contributed by atoms with Gasteiger partial charge in [-0.05, 0) is 17.7 Å². The third kappa shape index (κ3) is 3.32. The van der Waals surface area contributed by atoms with Crippen LogP contribution >= 0.6 is 35.6 Å². The van der Waals surface area contributed by atoms with E-state index in [2.05, 4.69) is 0 Å². The van der Waals surface area contributed by atoms with E-state index in [-0.39, 0.29) is 24.0 Å². The second-order valence-corrected chi connectivity index (χ2v) is 5.86. The number of amides is 1. The molecular weight excluding hydrogens is 363 g/mol. The molecule has 0 radical (unpaired) electrons. The van der Waals surface area contributed by atoms with Crippen LogP contribution in [0.5, 0.6) is 5.75 Å². The van der Waals surface area contributed by atoms with Crippen LogP contribution in [0, 0.1) is 0 Å². The lowest BCUT2D eigenvalue weighted by atomic mass is 10.1. The Labute approximate surface area is 148 Å². The second-order valence-electron chi connectivity index (χ2n) is 5.05. The lowest BCUT2D eigenvalue weighted by Gasteiger charge is -2.30. The van der Waals surface area contributed by atoms with E-state index in [1.807, 2.05) is 0 Å². The van der Waals surface area contributed by atoms with Crippen molar-refractivity contribution in [2.24, 2.45) is 0 Å². The van der Waals surface area contributed by atoms with Gasteiger partial charge >= 0.3 is 0 Å². The van der Waals surface area contributed by atoms with Gasteiger partial charge in [-0.1, -0.05) is 29.3 Å². The molecule has 0 unspecified atom stereocenters. The summed E-state index contributed by atoms with van der Waals surface area (Å²) in [6.45, 7) is 1.32. The Kier molecular flexibility index (Phi) is 5.24. The first-order valence-electron chi connectivity index (χ1n) is 6.63. The quantitative estimate of drug-likeness (QED) is 0.878. The number of hydrogen-bond donors (Lipinski definition) is 1. The first kappa shape index (κ1) is 17.7. The van der Waals surface area contributed by atoms with Gasteiger partial charge in [0.05, 0.1) is 10.0 Å². The third-order valence-electron chi connectivity index (χ3n) is 3.61. The molecule has 0 saturated heterocycles. The summed E-state index contributed by atoms with van der Waals surface area (Å²) >= 11 is 11.8. The molecule has 8 heteroatoms. The van der Waals surface area contributed by atoms with E-state index in [0.29, 0.717) is 29.7 Å². The molecule has 2 aromatic rings. The summed E-state index contributed by atoms with van der Waals surface area (Å²) in [5.74, 6) is -0.890. The maximum atomic E-state index is 12.5. The molecular formula is C15H13Cl3N2O3. The SMILES string of the molecule is Cl.O=C1c2c(O)c(=O)ccn2CCN1Cc1ccc(Cl)c(Cl)c1. The maximum absolute atomic E-state index is 12.5. The van der Waals surface area contributed by atoms with Crippen molar-refractivity contribution in [2.45, 2.75) is 13.1 Å². The summed E-state index contributed by atoms with van der Waals surface area (Å²) in [5.41, 5.74) is 0.295. The average Bonchev–Trinajstić information content (AvgIpc) is 2.49. The topological polar surface area (TPSA) is 62.5 Å². The number of hydrogen-bond acceptors (Lipinski definition) is 3. The number of fused-ring (bicyclic) bond motifs is 1. The second kappa shape index (κ2) is 6.83. The van der Waals surface area contributed by atoms with Gasteiger partial charge in [0.25, 0.3) is 5.91 Å². The highest BCUT2D eigenvalue weighted by Gasteiger charge is 2.28. The summed E-state index contributed by atoms with van der Waals surface area (Å²) in [7, 11) is 0. The molecule has 0 saturated carbocycles. The number of carbonyl (C=O) groups excluding carboxylic acids is 1. The number of rotatable bonds is 2. The minimum atomic E-state index is -0.559. The average molecular weight is 376 g/mol. The molecule has 0 atom stereocenters. The molecule has 0 bridgehead atoms. The Bertz CT molecular complexity index is 820. The summed E-state index contributed by atoms with van der Waals surface area (Å²) in [5, 5.41) is 10.7. The number of carbonyl (C=O) groups is 1. The van der Waals surface area contributed by atoms with E-state index in [4.69, 9.17) is 23.2 Å². The molecule has 23 heavy (non-hydrogen) atoms. The molecule has 1 aromatic carbocycles. The molecule has 2 heterocycles. The van der Waals surface area contributed by atoms with Gasteiger partial charge in [0.2, 0.25) is 5.43 Å². The highest BCUT2D eigenvalue weighted by molar-refractivity contribution is 6.42. The number of benzene rings is 1. The lowest BCUT2D eigenvalue weighted by Crippen LogP contribution is -2.41. The predicted octanol–water partition coefficient (Wildman–Crippen LogP) is 2.94. The molecule has 1 amide bonds. The Morgan fingerprint density at radius 1 is 1.09 bits per heavy atom. The van der Waals surface area contributed by atoms with Crippen LogP contribution in [0.2, 0.25) is 10.0 Å². The molecule has 1 aliphatic heterocycles. The van der Waals surface area contributed by atoms with E-state index >= 15 is 0 Å². The van der Waals surface area contributed by atoms with Crippen molar-refractivity contribution in [1.82, 2.24) is 9.47 Å². The van der Waals surface area contributed by atoms with Gasteiger partial charge < -0.3 is 14.6 Å². The molecule has 1 N–H and O–H groups in total. The molecule has 1 aliphatic rings. The van der Waals surface area contributed by atoms with E-state index < -0.39 is 11.2 Å². The number of nitrogens with zero attached hydrogens (tertiary/aromatic N) is 2. The molecule has 122 valence electrons. The van der Waals surface area contributed by atoms with Crippen LogP contribution in [0.4, 0.5) is 0 Å². The van der Waals surface area contributed by atoms with E-state index in [1.54, 1.807) is 27.7 Å². The van der Waals surface area contributed by atoms with Crippen LogP contribution < -0.4 is 5.43 Å². The van der Waals surface area contributed by atoms with Gasteiger partial charge in [0, 0.05) is 31.9 Å². The van der Waals surface area contributed by atoms with Crippen LogP contribution in [0.1, 0.15) is 16.1 Å². The minimum Gasteiger partial charge on any atom is -0.503 e. The summed E-state index contributed by atoms with van der Waals surface area (Å²) in [4.78, 5) is 25.6. The molecule has 0 fully saturated rings. The van der Waals surface area contributed by atoms with Crippen LogP contribution in [0.25, 0.3) is 0 Å². The van der Waals surface area contributed by atoms with Crippen LogP contribution in [-0.2, 0) is 13.1 Å². The first-order chi connectivity index (χ1) is 10.5. The Balaban J connectivity index is 0.00000192. The largest absolute Gasteiger partial charge is 0.503 e. The Hall–Kier alpha value is -1.69. The van der Waals surface area contributed by atoms with E-state index in [0.717, 1.165) is 5.56 Å². The smallest absolute Gasteiger partial charge is 0.274 e. The van der Waals surface area contributed by atoms with Gasteiger partial charge in [-0.25, -0.2) is 0 Å². The summed E-state index contributed by atoms with van der Waals surface area (Å²) in [6, 6.07) is 6.40. The van der Waals surface area contributed by atoms with Crippen molar-refractivity contribution in [3.63, 3.8) is 0 Å². The molecule has 0 spiro atoms. The molecule has 1 aromatic heterocycles. The van der Waals surface area contributed by atoms with Crippen molar-refractivity contribution >= 4 is 41.5 Å². The van der Waals surface area contributed by atoms with Crippen LogP contribution in [-0.4, -0.2) is 27.0 Å². The number of halogens is 3. The molecule has 3 rings (SSSR count). The van der Waals surface area contributed by atoms with Gasteiger partial charge in [0.15, 0.2) is 11.4 Å². The first-order valence-corrected chi connectivity index (χ1v) is 7.38. The van der Waals surface area contributed by atoms with Crippen LogP contribution in [0.15, 0.2) is 35.3 Å². The van der Waals surface area contributed by atoms with Crippen molar-refractivity contribution < 1.29 is 9.90 Å². The monoisotopic (exact) mass is 374 g/mol. The standard InChI is InChI=1S/C15H12Cl2N2O3.ClH/c16-10-2-1-9(7-11(10)17)8-19-6-5-18-4-3-12(20)14(21)13(18)15(19)22;/h1-4,7,21H,5-6,8H2;1H. The Morgan fingerprint density at radius 3 is 2.52 bits per heavy atom. The fourth-order valence-corrected chi connectivity index (χ4v) is 2.78. The van der Waals surface area contributed by atoms with E-state index in [1.165, 1.54) is 12.3 Å². The molecule has 5 nitrogen and oxygen atoms in total. The maximum Gasteiger partial charge on any atom is 0.274 e. The fraction of sp³-hybridized carbons (Fsp3) is 0.200. The zero-order chi connectivity index (χ0) is 15.9. The summed E-state index contributed by atoms with van der Waals surface area (Å²) in [6.07, 6.45) is 1.52. The van der Waals surface area contributed by atoms with Crippen molar-refractivity contribution in [1.29, 1.82) is 0 Å². The molecule has 0 aliphatic carbocycles. The highest BCUT2D eigenvalue weighted by atomic mass is 35.5.